The summed E-state index contributed by atoms with van der Waals surface area (Å²) in [7, 11) is 0. The number of carbonyl (C=O) groups is 2. The summed E-state index contributed by atoms with van der Waals surface area (Å²) in [6.07, 6.45) is 0.825. The predicted molar refractivity (Wildman–Crippen MR) is 97.8 cm³/mol. The highest BCUT2D eigenvalue weighted by Crippen LogP contribution is 2.28. The average Bonchev–Trinajstić information content (AvgIpc) is 2.66. The third-order valence-electron chi connectivity index (χ3n) is 4.37. The second-order valence-electron chi connectivity index (χ2n) is 6.28. The lowest BCUT2D eigenvalue weighted by molar-refractivity contribution is -0.151. The molecule has 0 saturated heterocycles. The van der Waals surface area contributed by atoms with Crippen LogP contribution in [-0.2, 0) is 20.9 Å². The second-order valence-corrected chi connectivity index (χ2v) is 6.28. The van der Waals surface area contributed by atoms with Gasteiger partial charge in [0.2, 0.25) is 0 Å². The summed E-state index contributed by atoms with van der Waals surface area (Å²) in [5, 5.41) is 2.66. The van der Waals surface area contributed by atoms with Crippen LogP contribution in [0.2, 0.25) is 0 Å². The molecule has 2 rings (SSSR count). The highest BCUT2D eigenvalue weighted by molar-refractivity contribution is 5.83. The Morgan fingerprint density at radius 1 is 1.08 bits per heavy atom. The Bertz CT molecular complexity index is 716. The van der Waals surface area contributed by atoms with Gasteiger partial charge in [-0.25, -0.2) is 4.39 Å². The second kappa shape index (κ2) is 9.70. The third kappa shape index (κ3) is 5.69. The lowest BCUT2D eigenvalue weighted by Gasteiger charge is -2.21. The largest absolute Gasteiger partial charge is 0.455 e. The summed E-state index contributed by atoms with van der Waals surface area (Å²) >= 11 is 0. The molecule has 0 unspecified atom stereocenters. The number of benzene rings is 2. The van der Waals surface area contributed by atoms with E-state index in [0.717, 1.165) is 17.5 Å². The van der Waals surface area contributed by atoms with Crippen LogP contribution < -0.4 is 5.32 Å². The molecule has 2 atom stereocenters. The van der Waals surface area contributed by atoms with Crippen molar-refractivity contribution in [3.05, 3.63) is 71.5 Å². The van der Waals surface area contributed by atoms with Gasteiger partial charge in [-0.2, -0.15) is 0 Å². The maximum Gasteiger partial charge on any atom is 0.314 e. The first kappa shape index (κ1) is 19.6. The molecule has 1 amide bonds. The van der Waals surface area contributed by atoms with E-state index in [-0.39, 0.29) is 24.9 Å². The maximum absolute atomic E-state index is 12.9. The SMILES string of the molecule is CC[C@@H](C)[C@@H](C(=O)OCC(=O)NCc1ccc(F)cc1)c1ccccc1. The van der Waals surface area contributed by atoms with Crippen molar-refractivity contribution in [2.75, 3.05) is 6.61 Å². The summed E-state index contributed by atoms with van der Waals surface area (Å²) < 4.78 is 18.1. The molecule has 1 N–H and O–H groups in total. The van der Waals surface area contributed by atoms with E-state index in [0.29, 0.717) is 0 Å². The minimum atomic E-state index is -0.400. The monoisotopic (exact) mass is 357 g/mol. The molecule has 2 aromatic carbocycles. The van der Waals surface area contributed by atoms with Crippen LogP contribution in [0.15, 0.2) is 54.6 Å². The first-order valence-electron chi connectivity index (χ1n) is 8.74. The van der Waals surface area contributed by atoms with Crippen molar-refractivity contribution in [3.8, 4) is 0 Å². The number of rotatable bonds is 8. The zero-order chi connectivity index (χ0) is 18.9. The molecule has 0 aliphatic carbocycles. The summed E-state index contributed by atoms with van der Waals surface area (Å²) in [5.41, 5.74) is 1.66. The fraction of sp³-hybridized carbons (Fsp3) is 0.333. The van der Waals surface area contributed by atoms with Crippen molar-refractivity contribution in [3.63, 3.8) is 0 Å². The number of amides is 1. The van der Waals surface area contributed by atoms with Crippen molar-refractivity contribution < 1.29 is 18.7 Å². The molecule has 0 radical (unpaired) electrons. The van der Waals surface area contributed by atoms with Crippen molar-refractivity contribution >= 4 is 11.9 Å². The van der Waals surface area contributed by atoms with Crippen LogP contribution in [0.1, 0.15) is 37.3 Å². The van der Waals surface area contributed by atoms with Gasteiger partial charge in [0, 0.05) is 6.54 Å². The molecule has 2 aromatic rings. The molecule has 0 heterocycles. The number of hydrogen-bond acceptors (Lipinski definition) is 3. The molecule has 0 aliphatic heterocycles. The summed E-state index contributed by atoms with van der Waals surface area (Å²) in [5.74, 6) is -1.41. The molecular weight excluding hydrogens is 333 g/mol. The van der Waals surface area contributed by atoms with Crippen LogP contribution in [0.4, 0.5) is 4.39 Å². The smallest absolute Gasteiger partial charge is 0.314 e. The fourth-order valence-electron chi connectivity index (χ4n) is 2.67. The van der Waals surface area contributed by atoms with Crippen molar-refractivity contribution in [1.29, 1.82) is 0 Å². The number of halogens is 1. The zero-order valence-electron chi connectivity index (χ0n) is 15.1. The molecule has 138 valence electrons. The van der Waals surface area contributed by atoms with Gasteiger partial charge in [-0.15, -0.1) is 0 Å². The van der Waals surface area contributed by atoms with Crippen LogP contribution in [0, 0.1) is 11.7 Å². The van der Waals surface area contributed by atoms with Crippen LogP contribution in [0.25, 0.3) is 0 Å². The highest BCUT2D eigenvalue weighted by Gasteiger charge is 2.27. The van der Waals surface area contributed by atoms with Crippen LogP contribution in [-0.4, -0.2) is 18.5 Å². The van der Waals surface area contributed by atoms with E-state index in [1.807, 2.05) is 44.2 Å². The van der Waals surface area contributed by atoms with Crippen LogP contribution in [0.5, 0.6) is 0 Å². The number of nitrogens with one attached hydrogen (secondary N) is 1. The Hall–Kier alpha value is -2.69. The predicted octanol–water partition coefficient (Wildman–Crippen LogP) is 3.82. The number of carbonyl (C=O) groups excluding carboxylic acids is 2. The molecule has 0 fully saturated rings. The van der Waals surface area contributed by atoms with Gasteiger partial charge in [0.15, 0.2) is 6.61 Å². The van der Waals surface area contributed by atoms with Crippen molar-refractivity contribution in [1.82, 2.24) is 5.32 Å². The summed E-state index contributed by atoms with van der Waals surface area (Å²) in [6, 6.07) is 15.3. The highest BCUT2D eigenvalue weighted by atomic mass is 19.1. The normalized spacial score (nSPS) is 12.9. The van der Waals surface area contributed by atoms with Gasteiger partial charge >= 0.3 is 5.97 Å². The van der Waals surface area contributed by atoms with Gasteiger partial charge in [0.05, 0.1) is 5.92 Å². The lowest BCUT2D eigenvalue weighted by Crippen LogP contribution is -2.30. The van der Waals surface area contributed by atoms with E-state index in [1.54, 1.807) is 12.1 Å². The molecule has 0 bridgehead atoms. The molecule has 0 saturated carbocycles. The van der Waals surface area contributed by atoms with Gasteiger partial charge in [-0.1, -0.05) is 62.7 Å². The van der Waals surface area contributed by atoms with E-state index in [9.17, 15) is 14.0 Å². The molecular formula is C21H24FNO3. The lowest BCUT2D eigenvalue weighted by atomic mass is 9.86. The van der Waals surface area contributed by atoms with E-state index in [2.05, 4.69) is 5.32 Å². The Morgan fingerprint density at radius 3 is 2.35 bits per heavy atom. The van der Waals surface area contributed by atoms with E-state index >= 15 is 0 Å². The summed E-state index contributed by atoms with van der Waals surface area (Å²) in [6.45, 7) is 3.93. The Balaban J connectivity index is 1.88. The maximum atomic E-state index is 12.9. The van der Waals surface area contributed by atoms with E-state index < -0.39 is 17.8 Å². The topological polar surface area (TPSA) is 55.4 Å². The zero-order valence-corrected chi connectivity index (χ0v) is 15.1. The third-order valence-corrected chi connectivity index (χ3v) is 4.37. The fourth-order valence-corrected chi connectivity index (χ4v) is 2.67. The molecule has 4 nitrogen and oxygen atoms in total. The number of esters is 1. The van der Waals surface area contributed by atoms with Crippen LogP contribution in [0.3, 0.4) is 0 Å². The van der Waals surface area contributed by atoms with Gasteiger partial charge < -0.3 is 10.1 Å². The minimum Gasteiger partial charge on any atom is -0.455 e. The van der Waals surface area contributed by atoms with Gasteiger partial charge in [-0.3, -0.25) is 9.59 Å². The minimum absolute atomic E-state index is 0.104. The van der Waals surface area contributed by atoms with E-state index in [4.69, 9.17) is 4.74 Å². The van der Waals surface area contributed by atoms with E-state index in [1.165, 1.54) is 12.1 Å². The molecule has 26 heavy (non-hydrogen) atoms. The van der Waals surface area contributed by atoms with Gasteiger partial charge in [0.1, 0.15) is 5.82 Å². The van der Waals surface area contributed by atoms with Gasteiger partial charge in [-0.05, 0) is 29.2 Å². The Morgan fingerprint density at radius 2 is 1.73 bits per heavy atom. The standard InChI is InChI=1S/C21H24FNO3/c1-3-15(2)20(17-7-5-4-6-8-17)21(25)26-14-19(24)23-13-16-9-11-18(22)12-10-16/h4-12,15,20H,3,13-14H2,1-2H3,(H,23,24)/t15-,20-/m1/s1. The van der Waals surface area contributed by atoms with Crippen LogP contribution >= 0.6 is 0 Å². The molecule has 0 spiro atoms. The first-order chi connectivity index (χ1) is 12.5. The Labute approximate surface area is 153 Å². The number of hydrogen-bond donors (Lipinski definition) is 1. The van der Waals surface area contributed by atoms with Crippen molar-refractivity contribution in [2.24, 2.45) is 5.92 Å². The Kier molecular flexibility index (Phi) is 7.33. The average molecular weight is 357 g/mol. The quantitative estimate of drug-likeness (QED) is 0.731. The van der Waals surface area contributed by atoms with Gasteiger partial charge in [0.25, 0.3) is 5.91 Å². The molecule has 0 aliphatic rings. The van der Waals surface area contributed by atoms with Crippen molar-refractivity contribution in [2.45, 2.75) is 32.7 Å². The number of ether oxygens (including phenoxy) is 1. The molecule has 5 heteroatoms. The molecule has 0 aromatic heterocycles. The summed E-state index contributed by atoms with van der Waals surface area (Å²) in [4.78, 5) is 24.4. The first-order valence-corrected chi connectivity index (χ1v) is 8.74.